The lowest BCUT2D eigenvalue weighted by Gasteiger charge is -2.19. The maximum Gasteiger partial charge on any atom is 0.123 e. The van der Waals surface area contributed by atoms with Crippen molar-refractivity contribution in [3.63, 3.8) is 0 Å². The molecule has 1 fully saturated rings. The molecule has 1 aliphatic rings. The van der Waals surface area contributed by atoms with Crippen LogP contribution in [-0.2, 0) is 13.2 Å². The Morgan fingerprint density at radius 1 is 1.09 bits per heavy atom. The molecule has 0 saturated carbocycles. The summed E-state index contributed by atoms with van der Waals surface area (Å²) in [6, 6.07) is 14.7. The number of rotatable bonds is 5. The predicted octanol–water partition coefficient (Wildman–Crippen LogP) is 4.64. The first kappa shape index (κ1) is 16.0. The van der Waals surface area contributed by atoms with Crippen LogP contribution >= 0.6 is 0 Å². The van der Waals surface area contributed by atoms with Crippen molar-refractivity contribution in [2.45, 2.75) is 33.4 Å². The van der Waals surface area contributed by atoms with Crippen molar-refractivity contribution in [3.05, 3.63) is 65.5 Å². The summed E-state index contributed by atoms with van der Waals surface area (Å²) in [7, 11) is 0. The van der Waals surface area contributed by atoms with Crippen molar-refractivity contribution in [1.82, 2.24) is 4.90 Å². The van der Waals surface area contributed by atoms with Crippen LogP contribution in [0.4, 0.5) is 4.39 Å². The SMILES string of the molecule is CC1(C)CCN(Cc2ccc(OCc3cccc(F)c3)cc2)C1. The molecule has 0 atom stereocenters. The summed E-state index contributed by atoms with van der Waals surface area (Å²) >= 11 is 0. The molecule has 0 bridgehead atoms. The second-order valence-electron chi connectivity index (χ2n) is 7.19. The summed E-state index contributed by atoms with van der Waals surface area (Å²) in [6.07, 6.45) is 1.27. The highest BCUT2D eigenvalue weighted by molar-refractivity contribution is 5.28. The molecule has 0 radical (unpaired) electrons. The zero-order valence-electron chi connectivity index (χ0n) is 13.9. The highest BCUT2D eigenvalue weighted by Crippen LogP contribution is 2.29. The molecule has 1 aliphatic heterocycles. The normalized spacial score (nSPS) is 17.3. The van der Waals surface area contributed by atoms with Gasteiger partial charge in [0.25, 0.3) is 0 Å². The molecule has 3 heteroatoms. The Morgan fingerprint density at radius 3 is 2.52 bits per heavy atom. The van der Waals surface area contributed by atoms with Crippen LogP contribution < -0.4 is 4.74 Å². The number of halogens is 1. The molecule has 1 heterocycles. The molecule has 122 valence electrons. The summed E-state index contributed by atoms with van der Waals surface area (Å²) in [6.45, 7) is 8.37. The predicted molar refractivity (Wildman–Crippen MR) is 90.8 cm³/mol. The minimum absolute atomic E-state index is 0.227. The standard InChI is InChI=1S/C20H24FNO/c1-20(2)10-11-22(15-20)13-16-6-8-19(9-7-16)23-14-17-4-3-5-18(21)12-17/h3-9,12H,10-11,13-15H2,1-2H3. The number of likely N-dealkylation sites (tertiary alicyclic amines) is 1. The van der Waals surface area contributed by atoms with Gasteiger partial charge >= 0.3 is 0 Å². The summed E-state index contributed by atoms with van der Waals surface area (Å²) in [4.78, 5) is 2.50. The van der Waals surface area contributed by atoms with E-state index in [-0.39, 0.29) is 5.82 Å². The van der Waals surface area contributed by atoms with Crippen LogP contribution in [0.15, 0.2) is 48.5 Å². The highest BCUT2D eigenvalue weighted by Gasteiger charge is 2.28. The van der Waals surface area contributed by atoms with Crippen molar-refractivity contribution >= 4 is 0 Å². The van der Waals surface area contributed by atoms with E-state index < -0.39 is 0 Å². The molecule has 2 aromatic rings. The van der Waals surface area contributed by atoms with Gasteiger partial charge in [0.2, 0.25) is 0 Å². The molecule has 3 rings (SSSR count). The quantitative estimate of drug-likeness (QED) is 0.797. The molecule has 2 aromatic carbocycles. The lowest BCUT2D eigenvalue weighted by molar-refractivity contribution is 0.283. The molecular formula is C20H24FNO. The van der Waals surface area contributed by atoms with Gasteiger partial charge in [-0.3, -0.25) is 4.90 Å². The van der Waals surface area contributed by atoms with E-state index in [1.807, 2.05) is 18.2 Å². The summed E-state index contributed by atoms with van der Waals surface area (Å²) in [5, 5.41) is 0. The third-order valence-electron chi connectivity index (χ3n) is 4.38. The smallest absolute Gasteiger partial charge is 0.123 e. The molecule has 0 unspecified atom stereocenters. The second-order valence-corrected chi connectivity index (χ2v) is 7.19. The highest BCUT2D eigenvalue weighted by atomic mass is 19.1. The Morgan fingerprint density at radius 2 is 1.87 bits per heavy atom. The minimum Gasteiger partial charge on any atom is -0.489 e. The molecule has 0 spiro atoms. The van der Waals surface area contributed by atoms with E-state index in [1.54, 1.807) is 6.07 Å². The van der Waals surface area contributed by atoms with Crippen LogP contribution in [0, 0.1) is 11.2 Å². The van der Waals surface area contributed by atoms with Gasteiger partial charge in [-0.2, -0.15) is 0 Å². The van der Waals surface area contributed by atoms with Gasteiger partial charge in [-0.05, 0) is 53.8 Å². The van der Waals surface area contributed by atoms with E-state index >= 15 is 0 Å². The third-order valence-corrected chi connectivity index (χ3v) is 4.38. The van der Waals surface area contributed by atoms with E-state index in [2.05, 4.69) is 30.9 Å². The Labute approximate surface area is 137 Å². The van der Waals surface area contributed by atoms with Gasteiger partial charge in [-0.15, -0.1) is 0 Å². The zero-order chi connectivity index (χ0) is 16.3. The van der Waals surface area contributed by atoms with Crippen molar-refractivity contribution < 1.29 is 9.13 Å². The summed E-state index contributed by atoms with van der Waals surface area (Å²) in [5.41, 5.74) is 2.59. The third kappa shape index (κ3) is 4.55. The van der Waals surface area contributed by atoms with Gasteiger partial charge in [-0.25, -0.2) is 4.39 Å². The van der Waals surface area contributed by atoms with Gasteiger partial charge < -0.3 is 4.74 Å². The van der Waals surface area contributed by atoms with E-state index in [0.29, 0.717) is 12.0 Å². The number of hydrogen-bond acceptors (Lipinski definition) is 2. The Balaban J connectivity index is 1.53. The molecule has 0 amide bonds. The van der Waals surface area contributed by atoms with Gasteiger partial charge in [0.15, 0.2) is 0 Å². The van der Waals surface area contributed by atoms with Crippen molar-refractivity contribution in [1.29, 1.82) is 0 Å². The lowest BCUT2D eigenvalue weighted by atomic mass is 9.93. The number of benzene rings is 2. The van der Waals surface area contributed by atoms with Gasteiger partial charge in [0.1, 0.15) is 18.2 Å². The van der Waals surface area contributed by atoms with Crippen LogP contribution in [0.3, 0.4) is 0 Å². The summed E-state index contributed by atoms with van der Waals surface area (Å²) in [5.74, 6) is 0.592. The van der Waals surface area contributed by atoms with E-state index in [4.69, 9.17) is 4.74 Å². The van der Waals surface area contributed by atoms with E-state index in [9.17, 15) is 4.39 Å². The van der Waals surface area contributed by atoms with E-state index in [1.165, 1.54) is 30.7 Å². The molecule has 0 aliphatic carbocycles. The fourth-order valence-corrected chi connectivity index (χ4v) is 3.10. The molecule has 0 N–H and O–H groups in total. The first-order valence-electron chi connectivity index (χ1n) is 8.19. The zero-order valence-corrected chi connectivity index (χ0v) is 13.9. The first-order valence-corrected chi connectivity index (χ1v) is 8.19. The van der Waals surface area contributed by atoms with Gasteiger partial charge in [0.05, 0.1) is 0 Å². The average Bonchev–Trinajstić information content (AvgIpc) is 2.85. The van der Waals surface area contributed by atoms with E-state index in [0.717, 1.165) is 24.4 Å². The minimum atomic E-state index is -0.227. The molecule has 23 heavy (non-hydrogen) atoms. The largest absolute Gasteiger partial charge is 0.489 e. The first-order chi connectivity index (χ1) is 11.0. The van der Waals surface area contributed by atoms with Crippen LogP contribution in [0.2, 0.25) is 0 Å². The topological polar surface area (TPSA) is 12.5 Å². The van der Waals surface area contributed by atoms with Gasteiger partial charge in [-0.1, -0.05) is 38.1 Å². The van der Waals surface area contributed by atoms with Crippen LogP contribution in [0.1, 0.15) is 31.4 Å². The Hall–Kier alpha value is -1.87. The van der Waals surface area contributed by atoms with Crippen molar-refractivity contribution in [3.8, 4) is 5.75 Å². The fraction of sp³-hybridized carbons (Fsp3) is 0.400. The lowest BCUT2D eigenvalue weighted by Crippen LogP contribution is -2.22. The maximum absolute atomic E-state index is 13.1. The van der Waals surface area contributed by atoms with Crippen LogP contribution in [0.5, 0.6) is 5.75 Å². The maximum atomic E-state index is 13.1. The molecular weight excluding hydrogens is 289 g/mol. The number of hydrogen-bond donors (Lipinski definition) is 0. The van der Waals surface area contributed by atoms with Gasteiger partial charge in [0, 0.05) is 13.1 Å². The molecule has 0 aromatic heterocycles. The van der Waals surface area contributed by atoms with Crippen LogP contribution in [-0.4, -0.2) is 18.0 Å². The number of ether oxygens (including phenoxy) is 1. The molecule has 2 nitrogen and oxygen atoms in total. The number of nitrogens with zero attached hydrogens (tertiary/aromatic N) is 1. The molecule has 1 saturated heterocycles. The Kier molecular flexibility index (Phi) is 4.67. The monoisotopic (exact) mass is 313 g/mol. The average molecular weight is 313 g/mol. The van der Waals surface area contributed by atoms with Crippen molar-refractivity contribution in [2.75, 3.05) is 13.1 Å². The van der Waals surface area contributed by atoms with Crippen molar-refractivity contribution in [2.24, 2.45) is 5.41 Å². The van der Waals surface area contributed by atoms with Crippen LogP contribution in [0.25, 0.3) is 0 Å². The Bertz CT molecular complexity index is 651. The fourth-order valence-electron chi connectivity index (χ4n) is 3.10. The second kappa shape index (κ2) is 6.71. The summed E-state index contributed by atoms with van der Waals surface area (Å²) < 4.78 is 18.9.